The van der Waals surface area contributed by atoms with Crippen LogP contribution in [0.15, 0.2) is 42.5 Å². The van der Waals surface area contributed by atoms with E-state index in [1.54, 1.807) is 12.1 Å². The van der Waals surface area contributed by atoms with Crippen LogP contribution in [0.5, 0.6) is 5.75 Å². The maximum Gasteiger partial charge on any atom is 0.243 e. The van der Waals surface area contributed by atoms with Gasteiger partial charge in [0.1, 0.15) is 18.4 Å². The van der Waals surface area contributed by atoms with E-state index in [4.69, 9.17) is 4.74 Å². The minimum atomic E-state index is -3.92. The van der Waals surface area contributed by atoms with Crippen molar-refractivity contribution in [2.45, 2.75) is 19.9 Å². The molecule has 1 atom stereocenters. The van der Waals surface area contributed by atoms with Crippen molar-refractivity contribution in [1.29, 1.82) is 0 Å². The number of rotatable bonds is 8. The largest absolute Gasteiger partial charge is 0.492 e. The van der Waals surface area contributed by atoms with Gasteiger partial charge >= 0.3 is 0 Å². The molecule has 9 heteroatoms. The zero-order valence-corrected chi connectivity index (χ0v) is 16.6. The summed E-state index contributed by atoms with van der Waals surface area (Å²) in [5.74, 6) is -2.26. The fraction of sp³-hybridized carbons (Fsp3) is 0.316. The van der Waals surface area contributed by atoms with E-state index in [0.717, 1.165) is 34.3 Å². The third-order valence-corrected chi connectivity index (χ3v) is 5.18. The van der Waals surface area contributed by atoms with Crippen LogP contribution in [0.1, 0.15) is 12.5 Å². The molecule has 0 saturated heterocycles. The normalized spacial score (nSPS) is 12.3. The number of nitrogens with one attached hydrogen (secondary N) is 1. The Kier molecular flexibility index (Phi) is 6.95. The number of carbonyl (C=O) groups excluding carboxylic acids is 1. The Hall–Kier alpha value is -2.68. The third kappa shape index (κ3) is 5.66. The average Bonchev–Trinajstić information content (AvgIpc) is 2.62. The van der Waals surface area contributed by atoms with Crippen LogP contribution in [-0.2, 0) is 14.8 Å². The Labute approximate surface area is 163 Å². The lowest BCUT2D eigenvalue weighted by Gasteiger charge is -2.28. The van der Waals surface area contributed by atoms with Gasteiger partial charge in [0, 0.05) is 6.07 Å². The van der Waals surface area contributed by atoms with Crippen molar-refractivity contribution in [3.63, 3.8) is 0 Å². The van der Waals surface area contributed by atoms with E-state index in [2.05, 4.69) is 5.32 Å². The molecule has 28 heavy (non-hydrogen) atoms. The van der Waals surface area contributed by atoms with Crippen molar-refractivity contribution >= 4 is 21.6 Å². The molecular weight excluding hydrogens is 390 g/mol. The SMILES string of the molecule is Cc1ccc(OCCNC(=O)[C@@H](C)N(c2ccc(F)c(F)c2)S(C)(=O)=O)cc1. The first kappa shape index (κ1) is 21.6. The van der Waals surface area contributed by atoms with E-state index in [9.17, 15) is 22.0 Å². The van der Waals surface area contributed by atoms with Crippen molar-refractivity contribution < 1.29 is 26.7 Å². The molecule has 1 amide bonds. The first-order valence-corrected chi connectivity index (χ1v) is 10.4. The summed E-state index contributed by atoms with van der Waals surface area (Å²) in [5, 5.41) is 2.57. The molecule has 0 heterocycles. The monoisotopic (exact) mass is 412 g/mol. The van der Waals surface area contributed by atoms with Gasteiger partial charge in [-0.2, -0.15) is 0 Å². The Bertz CT molecular complexity index is 933. The van der Waals surface area contributed by atoms with Crippen molar-refractivity contribution in [3.05, 3.63) is 59.7 Å². The molecule has 1 N–H and O–H groups in total. The van der Waals surface area contributed by atoms with E-state index < -0.39 is 33.6 Å². The number of nitrogens with zero attached hydrogens (tertiary/aromatic N) is 1. The number of amides is 1. The summed E-state index contributed by atoms with van der Waals surface area (Å²) in [7, 11) is -3.92. The smallest absolute Gasteiger partial charge is 0.243 e. The summed E-state index contributed by atoms with van der Waals surface area (Å²) in [6.07, 6.45) is 0.887. The molecule has 2 rings (SSSR count). The van der Waals surface area contributed by atoms with E-state index >= 15 is 0 Å². The van der Waals surface area contributed by atoms with Gasteiger partial charge in [-0.05, 0) is 38.1 Å². The number of ether oxygens (including phenoxy) is 1. The van der Waals surface area contributed by atoms with Gasteiger partial charge in [-0.25, -0.2) is 17.2 Å². The van der Waals surface area contributed by atoms with Crippen molar-refractivity contribution in [1.82, 2.24) is 5.32 Å². The van der Waals surface area contributed by atoms with Gasteiger partial charge < -0.3 is 10.1 Å². The second kappa shape index (κ2) is 9.01. The topological polar surface area (TPSA) is 75.7 Å². The van der Waals surface area contributed by atoms with Gasteiger partial charge in [0.15, 0.2) is 11.6 Å². The van der Waals surface area contributed by atoms with Crippen LogP contribution in [0, 0.1) is 18.6 Å². The highest BCUT2D eigenvalue weighted by Crippen LogP contribution is 2.23. The van der Waals surface area contributed by atoms with E-state index in [0.29, 0.717) is 5.75 Å². The van der Waals surface area contributed by atoms with Crippen LogP contribution in [0.25, 0.3) is 0 Å². The second-order valence-electron chi connectivity index (χ2n) is 6.29. The van der Waals surface area contributed by atoms with Gasteiger partial charge in [0.05, 0.1) is 18.5 Å². The lowest BCUT2D eigenvalue weighted by molar-refractivity contribution is -0.121. The number of hydrogen-bond acceptors (Lipinski definition) is 4. The van der Waals surface area contributed by atoms with Gasteiger partial charge in [0.2, 0.25) is 15.9 Å². The minimum absolute atomic E-state index is 0.139. The first-order valence-electron chi connectivity index (χ1n) is 8.51. The Morgan fingerprint density at radius 3 is 2.36 bits per heavy atom. The minimum Gasteiger partial charge on any atom is -0.492 e. The van der Waals surface area contributed by atoms with Crippen molar-refractivity contribution in [3.8, 4) is 5.75 Å². The molecule has 0 unspecified atom stereocenters. The summed E-state index contributed by atoms with van der Waals surface area (Å²) in [6.45, 7) is 3.64. The number of hydrogen-bond donors (Lipinski definition) is 1. The van der Waals surface area contributed by atoms with Gasteiger partial charge in [-0.3, -0.25) is 9.10 Å². The maximum atomic E-state index is 13.5. The summed E-state index contributed by atoms with van der Waals surface area (Å²) in [4.78, 5) is 12.4. The number of carbonyl (C=O) groups is 1. The third-order valence-electron chi connectivity index (χ3n) is 3.94. The zero-order chi connectivity index (χ0) is 20.9. The predicted molar refractivity (Wildman–Crippen MR) is 103 cm³/mol. The summed E-state index contributed by atoms with van der Waals surface area (Å²) < 4.78 is 57.1. The molecule has 0 spiro atoms. The summed E-state index contributed by atoms with van der Waals surface area (Å²) >= 11 is 0. The maximum absolute atomic E-state index is 13.5. The van der Waals surface area contributed by atoms with Crippen LogP contribution >= 0.6 is 0 Å². The molecule has 0 aliphatic rings. The number of aryl methyl sites for hydroxylation is 1. The molecule has 0 aliphatic carbocycles. The Morgan fingerprint density at radius 2 is 1.79 bits per heavy atom. The van der Waals surface area contributed by atoms with E-state index in [1.807, 2.05) is 19.1 Å². The highest BCUT2D eigenvalue weighted by Gasteiger charge is 2.29. The molecule has 2 aromatic rings. The van der Waals surface area contributed by atoms with Gasteiger partial charge in [-0.1, -0.05) is 17.7 Å². The summed E-state index contributed by atoms with van der Waals surface area (Å²) in [6, 6.07) is 8.86. The van der Waals surface area contributed by atoms with Gasteiger partial charge in [0.25, 0.3) is 0 Å². The quantitative estimate of drug-likeness (QED) is 0.677. The number of benzene rings is 2. The van der Waals surface area contributed by atoms with Gasteiger partial charge in [-0.15, -0.1) is 0 Å². The summed E-state index contributed by atoms with van der Waals surface area (Å²) in [5.41, 5.74) is 0.951. The second-order valence-corrected chi connectivity index (χ2v) is 8.15. The molecule has 0 aromatic heterocycles. The van der Waals surface area contributed by atoms with Crippen LogP contribution in [0.4, 0.5) is 14.5 Å². The number of anilines is 1. The van der Waals surface area contributed by atoms with Crippen LogP contribution in [0.3, 0.4) is 0 Å². The van der Waals surface area contributed by atoms with Crippen molar-refractivity contribution in [2.24, 2.45) is 0 Å². The molecule has 2 aromatic carbocycles. The Morgan fingerprint density at radius 1 is 1.14 bits per heavy atom. The molecule has 0 saturated carbocycles. The molecule has 6 nitrogen and oxygen atoms in total. The molecule has 0 fully saturated rings. The fourth-order valence-electron chi connectivity index (χ4n) is 2.56. The lowest BCUT2D eigenvalue weighted by atomic mass is 10.2. The predicted octanol–water partition coefficient (Wildman–Crippen LogP) is 2.62. The molecule has 0 aliphatic heterocycles. The highest BCUT2D eigenvalue weighted by molar-refractivity contribution is 7.92. The van der Waals surface area contributed by atoms with Crippen molar-refractivity contribution in [2.75, 3.05) is 23.7 Å². The van der Waals surface area contributed by atoms with Crippen LogP contribution < -0.4 is 14.4 Å². The number of sulfonamides is 1. The average molecular weight is 412 g/mol. The standard InChI is InChI=1S/C19H22F2N2O4S/c1-13-4-7-16(8-5-13)27-11-10-22-19(24)14(2)23(28(3,25)26)15-6-9-17(20)18(21)12-15/h4-9,12,14H,10-11H2,1-3H3,(H,22,24)/t14-/m1/s1. The first-order chi connectivity index (χ1) is 13.1. The molecule has 0 bridgehead atoms. The zero-order valence-electron chi connectivity index (χ0n) is 15.8. The highest BCUT2D eigenvalue weighted by atomic mass is 32.2. The Balaban J connectivity index is 2.01. The fourth-order valence-corrected chi connectivity index (χ4v) is 3.72. The van der Waals surface area contributed by atoms with Crippen LogP contribution in [-0.4, -0.2) is 39.8 Å². The van der Waals surface area contributed by atoms with Crippen LogP contribution in [0.2, 0.25) is 0 Å². The lowest BCUT2D eigenvalue weighted by Crippen LogP contribution is -2.48. The molecule has 0 radical (unpaired) electrons. The van der Waals surface area contributed by atoms with E-state index in [-0.39, 0.29) is 18.8 Å². The van der Waals surface area contributed by atoms with E-state index in [1.165, 1.54) is 6.92 Å². The number of halogens is 2. The molecular formula is C19H22F2N2O4S. The molecule has 152 valence electrons.